The van der Waals surface area contributed by atoms with Crippen LogP contribution in [0, 0.1) is 24.6 Å². The maximum Gasteiger partial charge on any atom is 0.264 e. The van der Waals surface area contributed by atoms with Crippen molar-refractivity contribution in [1.82, 2.24) is 10.2 Å². The molecule has 2 heterocycles. The van der Waals surface area contributed by atoms with E-state index in [9.17, 15) is 9.18 Å². The fourth-order valence-corrected chi connectivity index (χ4v) is 5.55. The smallest absolute Gasteiger partial charge is 0.264 e. The molecule has 2 aliphatic rings. The molecule has 0 saturated carbocycles. The molecule has 2 aliphatic heterocycles. The van der Waals surface area contributed by atoms with Crippen LogP contribution in [-0.4, -0.2) is 62.5 Å². The zero-order valence-corrected chi connectivity index (χ0v) is 19.1. The molecule has 0 amide bonds. The van der Waals surface area contributed by atoms with E-state index in [4.69, 9.17) is 4.74 Å². The minimum absolute atomic E-state index is 0.0994. The Morgan fingerprint density at radius 1 is 1.15 bits per heavy atom. The summed E-state index contributed by atoms with van der Waals surface area (Å²) in [6.45, 7) is 3.67. The van der Waals surface area contributed by atoms with Crippen molar-refractivity contribution < 1.29 is 22.7 Å². The number of hydrogen-bond donors (Lipinski definition) is 1. The topological polar surface area (TPSA) is 41.6 Å². The lowest BCUT2D eigenvalue weighted by Crippen LogP contribution is -2.57. The third-order valence-corrected chi connectivity index (χ3v) is 7.20. The monoisotopic (exact) mass is 460 g/mol. The van der Waals surface area contributed by atoms with Crippen molar-refractivity contribution in [1.29, 1.82) is 0 Å². The molecule has 0 bridgehead atoms. The van der Waals surface area contributed by atoms with E-state index >= 15 is 8.78 Å². The van der Waals surface area contributed by atoms with Crippen molar-refractivity contribution in [3.05, 3.63) is 71.0 Å². The van der Waals surface area contributed by atoms with E-state index in [2.05, 4.69) is 5.32 Å². The molecule has 7 heteroatoms. The fraction of sp³-hybridized carbons (Fsp3) is 0.500. The number of halogens is 3. The second-order valence-corrected chi connectivity index (χ2v) is 9.18. The van der Waals surface area contributed by atoms with E-state index < -0.39 is 29.7 Å². The number of alkyl halides is 2. The number of nitrogens with one attached hydrogen (secondary N) is 1. The summed E-state index contributed by atoms with van der Waals surface area (Å²) in [6, 6.07) is 12.6. The lowest BCUT2D eigenvalue weighted by molar-refractivity contribution is -0.0515. The van der Waals surface area contributed by atoms with Gasteiger partial charge in [-0.3, -0.25) is 9.69 Å². The van der Waals surface area contributed by atoms with E-state index in [1.807, 2.05) is 11.0 Å². The highest BCUT2D eigenvalue weighted by Gasteiger charge is 2.54. The number of likely N-dealkylation sites (tertiary alicyclic amines) is 1. The van der Waals surface area contributed by atoms with Gasteiger partial charge in [-0.25, -0.2) is 13.2 Å². The van der Waals surface area contributed by atoms with E-state index in [0.29, 0.717) is 42.9 Å². The second kappa shape index (κ2) is 9.95. The number of methoxy groups -OCH3 is 1. The predicted molar refractivity (Wildman–Crippen MR) is 121 cm³/mol. The maximum absolute atomic E-state index is 15.0. The lowest BCUT2D eigenvalue weighted by Gasteiger charge is -2.47. The molecular weight excluding hydrogens is 429 g/mol. The highest BCUT2D eigenvalue weighted by Crippen LogP contribution is 2.46. The van der Waals surface area contributed by atoms with Crippen LogP contribution in [0.25, 0.3) is 0 Å². The molecule has 2 aromatic rings. The number of ether oxygens (including phenoxy) is 1. The van der Waals surface area contributed by atoms with Gasteiger partial charge in [0.05, 0.1) is 12.6 Å². The van der Waals surface area contributed by atoms with Crippen LogP contribution in [-0.2, 0) is 4.74 Å². The Balaban J connectivity index is 1.82. The molecule has 4 nitrogen and oxygen atoms in total. The van der Waals surface area contributed by atoms with Crippen molar-refractivity contribution in [3.8, 4) is 0 Å². The Hall–Kier alpha value is -2.22. The van der Waals surface area contributed by atoms with Crippen LogP contribution in [0.4, 0.5) is 13.2 Å². The second-order valence-electron chi connectivity index (χ2n) is 9.18. The molecule has 4 atom stereocenters. The summed E-state index contributed by atoms with van der Waals surface area (Å²) in [7, 11) is 1.60. The van der Waals surface area contributed by atoms with Gasteiger partial charge in [-0.15, -0.1) is 0 Å². The number of ketones is 1. The Labute approximate surface area is 193 Å². The summed E-state index contributed by atoms with van der Waals surface area (Å²) in [4.78, 5) is 15.8. The van der Waals surface area contributed by atoms with E-state index in [1.54, 1.807) is 50.4 Å². The first kappa shape index (κ1) is 23.9. The molecule has 4 rings (SSSR count). The van der Waals surface area contributed by atoms with Gasteiger partial charge in [0, 0.05) is 63.0 Å². The molecule has 0 aliphatic carbocycles. The van der Waals surface area contributed by atoms with Gasteiger partial charge in [0.25, 0.3) is 5.92 Å². The molecule has 0 spiro atoms. The van der Waals surface area contributed by atoms with Gasteiger partial charge in [-0.2, -0.15) is 0 Å². The average molecular weight is 461 g/mol. The number of nitrogens with zero attached hydrogens (tertiary/aromatic N) is 1. The van der Waals surface area contributed by atoms with E-state index in [0.717, 1.165) is 0 Å². The molecule has 1 N–H and O–H groups in total. The number of benzene rings is 2. The van der Waals surface area contributed by atoms with Crippen molar-refractivity contribution in [2.45, 2.75) is 31.2 Å². The summed E-state index contributed by atoms with van der Waals surface area (Å²) in [5, 5.41) is 3.01. The van der Waals surface area contributed by atoms with Gasteiger partial charge in [-0.05, 0) is 24.1 Å². The molecule has 33 heavy (non-hydrogen) atoms. The highest BCUT2D eigenvalue weighted by atomic mass is 19.3. The van der Waals surface area contributed by atoms with Crippen LogP contribution in [0.1, 0.15) is 33.8 Å². The number of rotatable bonds is 7. The molecule has 2 saturated heterocycles. The Bertz CT molecular complexity index is 969. The van der Waals surface area contributed by atoms with Gasteiger partial charge in [0.2, 0.25) is 0 Å². The molecular formula is C26H31F3N2O2. The molecule has 2 aromatic carbocycles. The summed E-state index contributed by atoms with van der Waals surface area (Å²) in [6.07, 6.45) is -0.238. The van der Waals surface area contributed by atoms with Crippen LogP contribution in [0.15, 0.2) is 48.5 Å². The largest absolute Gasteiger partial charge is 0.383 e. The molecule has 0 radical (unpaired) electrons. The van der Waals surface area contributed by atoms with Crippen molar-refractivity contribution in [3.63, 3.8) is 0 Å². The third-order valence-electron chi connectivity index (χ3n) is 7.20. The van der Waals surface area contributed by atoms with Crippen LogP contribution < -0.4 is 5.32 Å². The van der Waals surface area contributed by atoms with Gasteiger partial charge < -0.3 is 10.1 Å². The van der Waals surface area contributed by atoms with Crippen LogP contribution >= 0.6 is 0 Å². The van der Waals surface area contributed by atoms with E-state index in [1.165, 1.54) is 6.07 Å². The first-order chi connectivity index (χ1) is 15.8. The quantitative estimate of drug-likeness (QED) is 0.626. The standard InChI is InChI=1S/C26H31F3N2O2/c1-17-19(9-6-10-22(17)27)23-20(24(32)18-7-4-3-5-8-18)15-31(13-14-33-2)16-21(23)25-26(28,29)11-12-30-25/h3-10,20-21,23,25,30H,11-16H2,1-2H3/t20-,21-,23-,25?/m0/s1. The summed E-state index contributed by atoms with van der Waals surface area (Å²) < 4.78 is 49.9. The molecule has 1 unspecified atom stereocenters. The summed E-state index contributed by atoms with van der Waals surface area (Å²) in [5.41, 5.74) is 1.61. The summed E-state index contributed by atoms with van der Waals surface area (Å²) in [5.74, 6) is -5.06. The SMILES string of the molecule is COCCN1C[C@H](C(=O)c2ccccc2)[C@H](c2cccc(F)c2C)[C@@H](C2NCCC2(F)F)C1. The lowest BCUT2D eigenvalue weighted by atomic mass is 9.67. The molecule has 178 valence electrons. The number of carbonyl (C=O) groups is 1. The van der Waals surface area contributed by atoms with E-state index in [-0.39, 0.29) is 24.6 Å². The third kappa shape index (κ3) is 4.86. The summed E-state index contributed by atoms with van der Waals surface area (Å²) >= 11 is 0. The van der Waals surface area contributed by atoms with Gasteiger partial charge in [0.15, 0.2) is 5.78 Å². The van der Waals surface area contributed by atoms with Crippen LogP contribution in [0.5, 0.6) is 0 Å². The van der Waals surface area contributed by atoms with Crippen LogP contribution in [0.3, 0.4) is 0 Å². The predicted octanol–water partition coefficient (Wildman–Crippen LogP) is 4.29. The Morgan fingerprint density at radius 3 is 2.58 bits per heavy atom. The fourth-order valence-electron chi connectivity index (χ4n) is 5.55. The first-order valence-electron chi connectivity index (χ1n) is 11.5. The van der Waals surface area contributed by atoms with Crippen molar-refractivity contribution in [2.24, 2.45) is 11.8 Å². The molecule has 2 fully saturated rings. The minimum Gasteiger partial charge on any atom is -0.383 e. The van der Waals surface area contributed by atoms with Crippen LogP contribution in [0.2, 0.25) is 0 Å². The maximum atomic E-state index is 15.0. The number of piperidine rings is 1. The molecule has 0 aromatic heterocycles. The highest BCUT2D eigenvalue weighted by molar-refractivity contribution is 5.98. The van der Waals surface area contributed by atoms with Crippen molar-refractivity contribution in [2.75, 3.05) is 39.9 Å². The Morgan fingerprint density at radius 2 is 1.91 bits per heavy atom. The van der Waals surface area contributed by atoms with Gasteiger partial charge in [-0.1, -0.05) is 42.5 Å². The van der Waals surface area contributed by atoms with Gasteiger partial charge >= 0.3 is 0 Å². The number of hydrogen-bond acceptors (Lipinski definition) is 4. The van der Waals surface area contributed by atoms with Crippen molar-refractivity contribution >= 4 is 5.78 Å². The number of Topliss-reactive ketones (excluding diaryl/α,β-unsaturated/α-hetero) is 1. The number of carbonyl (C=O) groups excluding carboxylic acids is 1. The zero-order valence-electron chi connectivity index (χ0n) is 19.1. The first-order valence-corrected chi connectivity index (χ1v) is 11.5. The Kier molecular flexibility index (Phi) is 7.22. The minimum atomic E-state index is -2.89. The zero-order chi connectivity index (χ0) is 23.6. The van der Waals surface area contributed by atoms with Gasteiger partial charge in [0.1, 0.15) is 5.82 Å². The average Bonchev–Trinajstić information content (AvgIpc) is 3.18. The normalized spacial score (nSPS) is 27.5.